The Kier molecular flexibility index (Phi) is 6.62. The van der Waals surface area contributed by atoms with E-state index in [1.807, 2.05) is 16.9 Å². The van der Waals surface area contributed by atoms with Crippen LogP contribution in [0.4, 0.5) is 0 Å². The van der Waals surface area contributed by atoms with Crippen LogP contribution in [0.5, 0.6) is 0 Å². The molecule has 1 aromatic carbocycles. The van der Waals surface area contributed by atoms with E-state index in [2.05, 4.69) is 51.8 Å². The van der Waals surface area contributed by atoms with Crippen LogP contribution in [0, 0.1) is 5.92 Å². The van der Waals surface area contributed by atoms with E-state index in [0.29, 0.717) is 18.3 Å². The van der Waals surface area contributed by atoms with Crippen molar-refractivity contribution in [2.24, 2.45) is 5.92 Å². The van der Waals surface area contributed by atoms with E-state index in [1.165, 1.54) is 30.5 Å². The molecule has 2 aliphatic heterocycles. The van der Waals surface area contributed by atoms with Gasteiger partial charge in [0.2, 0.25) is 0 Å². The molecule has 2 atom stereocenters. The molecule has 0 radical (unpaired) electrons. The average Bonchev–Trinajstić information content (AvgIpc) is 3.24. The standard InChI is InChI=1S/C23H33N5O/c1-18-6-5-12-27(16-18)17-20-8-3-2-7-19(20)14-25-23(29)22-10-13-28(26-22)21-9-4-11-24-15-21/h2-3,7-8,10,13,18,21,24H,4-6,9,11-12,14-17H2,1H3,(H,25,29). The number of nitrogens with zero attached hydrogens (tertiary/aromatic N) is 3. The lowest BCUT2D eigenvalue weighted by Gasteiger charge is -2.31. The lowest BCUT2D eigenvalue weighted by molar-refractivity contribution is 0.0944. The van der Waals surface area contributed by atoms with Gasteiger partial charge in [0, 0.05) is 32.4 Å². The van der Waals surface area contributed by atoms with E-state index in [0.717, 1.165) is 44.9 Å². The van der Waals surface area contributed by atoms with Crippen molar-refractivity contribution in [1.29, 1.82) is 0 Å². The third kappa shape index (κ3) is 5.25. The normalized spacial score (nSPS) is 23.1. The number of amides is 1. The topological polar surface area (TPSA) is 62.2 Å². The molecule has 3 heterocycles. The van der Waals surface area contributed by atoms with Crippen LogP contribution in [0.1, 0.15) is 60.3 Å². The molecule has 0 bridgehead atoms. The van der Waals surface area contributed by atoms with Gasteiger partial charge in [-0.15, -0.1) is 0 Å². The molecule has 6 nitrogen and oxygen atoms in total. The first-order valence-corrected chi connectivity index (χ1v) is 11.0. The molecular formula is C23H33N5O. The van der Waals surface area contributed by atoms with Gasteiger partial charge in [-0.25, -0.2) is 0 Å². The lowest BCUT2D eigenvalue weighted by atomic mass is 9.99. The van der Waals surface area contributed by atoms with E-state index < -0.39 is 0 Å². The van der Waals surface area contributed by atoms with Gasteiger partial charge in [-0.2, -0.15) is 5.10 Å². The predicted molar refractivity (Wildman–Crippen MR) is 115 cm³/mol. The summed E-state index contributed by atoms with van der Waals surface area (Å²) in [7, 11) is 0. The summed E-state index contributed by atoms with van der Waals surface area (Å²) < 4.78 is 1.94. The largest absolute Gasteiger partial charge is 0.347 e. The highest BCUT2D eigenvalue weighted by molar-refractivity contribution is 5.92. The van der Waals surface area contributed by atoms with E-state index in [1.54, 1.807) is 0 Å². The number of piperidine rings is 2. The summed E-state index contributed by atoms with van der Waals surface area (Å²) in [5.74, 6) is 0.666. The van der Waals surface area contributed by atoms with Crippen LogP contribution in [0.2, 0.25) is 0 Å². The molecule has 4 rings (SSSR count). The number of hydrogen-bond donors (Lipinski definition) is 2. The SMILES string of the molecule is CC1CCCN(Cc2ccccc2CNC(=O)c2ccn(C3CCCNC3)n2)C1. The third-order valence-corrected chi connectivity index (χ3v) is 6.18. The Hall–Kier alpha value is -2.18. The molecule has 0 saturated carbocycles. The van der Waals surface area contributed by atoms with Crippen LogP contribution in [0.3, 0.4) is 0 Å². The van der Waals surface area contributed by atoms with Crippen LogP contribution in [0.25, 0.3) is 0 Å². The van der Waals surface area contributed by atoms with E-state index in [4.69, 9.17) is 0 Å². The molecule has 2 fully saturated rings. The molecule has 1 amide bonds. The van der Waals surface area contributed by atoms with Gasteiger partial charge in [0.25, 0.3) is 5.91 Å². The number of hydrogen-bond acceptors (Lipinski definition) is 4. The van der Waals surface area contributed by atoms with Crippen LogP contribution >= 0.6 is 0 Å². The molecule has 2 unspecified atom stereocenters. The minimum absolute atomic E-state index is 0.103. The van der Waals surface area contributed by atoms with Gasteiger partial charge < -0.3 is 10.6 Å². The lowest BCUT2D eigenvalue weighted by Crippen LogP contribution is -2.34. The molecular weight excluding hydrogens is 362 g/mol. The van der Waals surface area contributed by atoms with Crippen molar-refractivity contribution >= 4 is 5.91 Å². The summed E-state index contributed by atoms with van der Waals surface area (Å²) in [4.78, 5) is 15.2. The molecule has 156 valence electrons. The Morgan fingerprint density at radius 1 is 1.21 bits per heavy atom. The van der Waals surface area contributed by atoms with Gasteiger partial charge in [-0.1, -0.05) is 31.2 Å². The van der Waals surface area contributed by atoms with Gasteiger partial charge >= 0.3 is 0 Å². The minimum atomic E-state index is -0.103. The van der Waals surface area contributed by atoms with E-state index >= 15 is 0 Å². The van der Waals surface area contributed by atoms with Crippen molar-refractivity contribution in [3.63, 3.8) is 0 Å². The number of carbonyl (C=O) groups excluding carboxylic acids is 1. The Morgan fingerprint density at radius 3 is 2.86 bits per heavy atom. The van der Waals surface area contributed by atoms with Crippen molar-refractivity contribution in [1.82, 2.24) is 25.3 Å². The first kappa shape index (κ1) is 20.1. The molecule has 2 aromatic rings. The molecule has 0 aliphatic carbocycles. The maximum atomic E-state index is 12.6. The highest BCUT2D eigenvalue weighted by Crippen LogP contribution is 2.20. The molecule has 6 heteroatoms. The molecule has 2 aliphatic rings. The average molecular weight is 396 g/mol. The number of carbonyl (C=O) groups is 1. The molecule has 29 heavy (non-hydrogen) atoms. The Bertz CT molecular complexity index is 811. The van der Waals surface area contributed by atoms with Crippen molar-refractivity contribution in [2.75, 3.05) is 26.2 Å². The zero-order valence-electron chi connectivity index (χ0n) is 17.4. The van der Waals surface area contributed by atoms with E-state index in [9.17, 15) is 4.79 Å². The summed E-state index contributed by atoms with van der Waals surface area (Å²) in [5.41, 5.74) is 2.99. The smallest absolute Gasteiger partial charge is 0.272 e. The van der Waals surface area contributed by atoms with Crippen molar-refractivity contribution < 1.29 is 4.79 Å². The second kappa shape index (κ2) is 9.55. The van der Waals surface area contributed by atoms with Crippen LogP contribution in [-0.2, 0) is 13.1 Å². The number of rotatable bonds is 6. The van der Waals surface area contributed by atoms with Crippen molar-refractivity contribution in [3.05, 3.63) is 53.3 Å². The zero-order valence-corrected chi connectivity index (χ0v) is 17.4. The maximum absolute atomic E-state index is 12.6. The summed E-state index contributed by atoms with van der Waals surface area (Å²) >= 11 is 0. The highest BCUT2D eigenvalue weighted by Gasteiger charge is 2.19. The maximum Gasteiger partial charge on any atom is 0.272 e. The highest BCUT2D eigenvalue weighted by atomic mass is 16.1. The Morgan fingerprint density at radius 2 is 2.07 bits per heavy atom. The zero-order chi connectivity index (χ0) is 20.1. The van der Waals surface area contributed by atoms with Gasteiger partial charge in [-0.05, 0) is 61.9 Å². The first-order valence-electron chi connectivity index (χ1n) is 11.0. The van der Waals surface area contributed by atoms with Crippen molar-refractivity contribution in [2.45, 2.75) is 51.7 Å². The number of nitrogens with one attached hydrogen (secondary N) is 2. The van der Waals surface area contributed by atoms with Gasteiger partial charge in [-0.3, -0.25) is 14.4 Å². The van der Waals surface area contributed by atoms with Crippen LogP contribution in [-0.4, -0.2) is 46.8 Å². The second-order valence-corrected chi connectivity index (χ2v) is 8.62. The molecule has 2 saturated heterocycles. The minimum Gasteiger partial charge on any atom is -0.347 e. The van der Waals surface area contributed by atoms with E-state index in [-0.39, 0.29) is 5.91 Å². The second-order valence-electron chi connectivity index (χ2n) is 8.62. The Labute approximate surface area is 173 Å². The Balaban J connectivity index is 1.35. The number of aromatic nitrogens is 2. The summed E-state index contributed by atoms with van der Waals surface area (Å²) in [5, 5.41) is 11.0. The quantitative estimate of drug-likeness (QED) is 0.789. The van der Waals surface area contributed by atoms with Crippen LogP contribution < -0.4 is 10.6 Å². The fourth-order valence-corrected chi connectivity index (χ4v) is 4.54. The number of benzene rings is 1. The van der Waals surface area contributed by atoms with Gasteiger partial charge in [0.15, 0.2) is 0 Å². The van der Waals surface area contributed by atoms with Gasteiger partial charge in [0.05, 0.1) is 6.04 Å². The molecule has 2 N–H and O–H groups in total. The third-order valence-electron chi connectivity index (χ3n) is 6.18. The van der Waals surface area contributed by atoms with Gasteiger partial charge in [0.1, 0.15) is 5.69 Å². The summed E-state index contributed by atoms with van der Waals surface area (Å²) in [6.07, 6.45) is 6.80. The predicted octanol–water partition coefficient (Wildman–Crippen LogP) is 2.97. The monoisotopic (exact) mass is 395 g/mol. The van der Waals surface area contributed by atoms with Crippen LogP contribution in [0.15, 0.2) is 36.5 Å². The number of likely N-dealkylation sites (tertiary alicyclic amines) is 1. The molecule has 1 aromatic heterocycles. The summed E-state index contributed by atoms with van der Waals surface area (Å²) in [6, 6.07) is 10.6. The fourth-order valence-electron chi connectivity index (χ4n) is 4.54. The molecule has 0 spiro atoms. The van der Waals surface area contributed by atoms with Crippen molar-refractivity contribution in [3.8, 4) is 0 Å². The summed E-state index contributed by atoms with van der Waals surface area (Å²) in [6.45, 7) is 8.15. The fraction of sp³-hybridized carbons (Fsp3) is 0.565. The first-order chi connectivity index (χ1) is 14.2.